The van der Waals surface area contributed by atoms with Gasteiger partial charge in [-0.1, -0.05) is 20.8 Å². The van der Waals surface area contributed by atoms with E-state index in [0.717, 1.165) is 17.0 Å². The Morgan fingerprint density at radius 3 is 2.47 bits per heavy atom. The van der Waals surface area contributed by atoms with Gasteiger partial charge in [0.2, 0.25) is 0 Å². The Morgan fingerprint density at radius 2 is 1.89 bits per heavy atom. The minimum atomic E-state index is -0.779. The van der Waals surface area contributed by atoms with Crippen molar-refractivity contribution in [3.63, 3.8) is 0 Å². The summed E-state index contributed by atoms with van der Waals surface area (Å²) in [4.78, 5) is 36.6. The Balaban J connectivity index is 2.38. The number of hydrogen-bond acceptors (Lipinski definition) is 3. The quantitative estimate of drug-likeness (QED) is 0.766. The number of halogens is 1. The molecule has 0 fully saturated rings. The van der Waals surface area contributed by atoms with Crippen molar-refractivity contribution in [3.8, 4) is 0 Å². The van der Waals surface area contributed by atoms with Gasteiger partial charge in [-0.05, 0) is 18.2 Å². The Bertz CT molecular complexity index is 587. The van der Waals surface area contributed by atoms with E-state index < -0.39 is 22.9 Å². The second-order valence-corrected chi connectivity index (χ2v) is 5.56. The molecule has 0 aliphatic carbocycles. The van der Waals surface area contributed by atoms with Gasteiger partial charge in [0.05, 0.1) is 17.8 Å². The summed E-state index contributed by atoms with van der Waals surface area (Å²) in [6.07, 6.45) is 0. The lowest BCUT2D eigenvalue weighted by molar-refractivity contribution is -0.126. The Labute approximate surface area is 110 Å². The molecular formula is C14H14FNO3. The molecule has 19 heavy (non-hydrogen) atoms. The van der Waals surface area contributed by atoms with Crippen LogP contribution in [-0.2, 0) is 9.59 Å². The second-order valence-electron chi connectivity index (χ2n) is 5.56. The van der Waals surface area contributed by atoms with E-state index in [2.05, 4.69) is 0 Å². The molecule has 2 rings (SSSR count). The zero-order chi connectivity index (χ0) is 14.4. The molecule has 0 N–H and O–H groups in total. The lowest BCUT2D eigenvalue weighted by Gasteiger charge is -2.22. The van der Waals surface area contributed by atoms with Crippen LogP contribution in [0.25, 0.3) is 0 Å². The van der Waals surface area contributed by atoms with Crippen LogP contribution < -0.4 is 4.90 Å². The van der Waals surface area contributed by atoms with Crippen LogP contribution in [0.5, 0.6) is 0 Å². The van der Waals surface area contributed by atoms with Crippen molar-refractivity contribution in [1.82, 2.24) is 0 Å². The van der Waals surface area contributed by atoms with Crippen LogP contribution >= 0.6 is 0 Å². The number of Topliss-reactive ketones (excluding diaryl/α,β-unsaturated/α-hetero) is 2. The average molecular weight is 263 g/mol. The highest BCUT2D eigenvalue weighted by Gasteiger charge is 2.38. The summed E-state index contributed by atoms with van der Waals surface area (Å²) in [6.45, 7) is 4.96. The maximum absolute atomic E-state index is 13.2. The summed E-state index contributed by atoms with van der Waals surface area (Å²) in [5.74, 6) is -2.21. The highest BCUT2D eigenvalue weighted by molar-refractivity contribution is 6.52. The number of fused-ring (bicyclic) bond motifs is 1. The molecule has 0 saturated carbocycles. The number of hydrogen-bond donors (Lipinski definition) is 0. The second kappa shape index (κ2) is 4.26. The predicted octanol–water partition coefficient (Wildman–Crippen LogP) is 1.97. The van der Waals surface area contributed by atoms with Crippen LogP contribution in [-0.4, -0.2) is 24.0 Å². The molecule has 5 heteroatoms. The van der Waals surface area contributed by atoms with Gasteiger partial charge >= 0.3 is 0 Å². The smallest absolute Gasteiger partial charge is 0.297 e. The zero-order valence-electron chi connectivity index (χ0n) is 11.0. The van der Waals surface area contributed by atoms with Crippen molar-refractivity contribution in [3.05, 3.63) is 29.6 Å². The molecule has 1 aliphatic heterocycles. The number of carbonyl (C=O) groups is 3. The minimum Gasteiger partial charge on any atom is -0.297 e. The van der Waals surface area contributed by atoms with Gasteiger partial charge in [-0.3, -0.25) is 19.3 Å². The molecule has 1 amide bonds. The number of anilines is 1. The molecule has 1 heterocycles. The summed E-state index contributed by atoms with van der Waals surface area (Å²) in [5.41, 5.74) is -0.305. The molecule has 1 aromatic rings. The maximum Gasteiger partial charge on any atom is 0.299 e. The van der Waals surface area contributed by atoms with Crippen molar-refractivity contribution in [1.29, 1.82) is 0 Å². The van der Waals surface area contributed by atoms with E-state index >= 15 is 0 Å². The van der Waals surface area contributed by atoms with E-state index in [0.29, 0.717) is 0 Å². The fraction of sp³-hybridized carbons (Fsp3) is 0.357. The van der Waals surface area contributed by atoms with Gasteiger partial charge in [-0.25, -0.2) is 4.39 Å². The van der Waals surface area contributed by atoms with Gasteiger partial charge in [0.25, 0.3) is 11.7 Å². The molecule has 4 nitrogen and oxygen atoms in total. The number of ketones is 2. The molecule has 0 atom stereocenters. The number of nitrogens with zero attached hydrogens (tertiary/aromatic N) is 1. The molecule has 0 saturated heterocycles. The zero-order valence-corrected chi connectivity index (χ0v) is 11.0. The normalized spacial score (nSPS) is 14.8. The lowest BCUT2D eigenvalue weighted by atomic mass is 9.90. The lowest BCUT2D eigenvalue weighted by Crippen LogP contribution is -2.39. The van der Waals surface area contributed by atoms with Crippen LogP contribution in [0.15, 0.2) is 18.2 Å². The Hall–Kier alpha value is -2.04. The fourth-order valence-electron chi connectivity index (χ4n) is 1.81. The molecular weight excluding hydrogens is 249 g/mol. The summed E-state index contributed by atoms with van der Waals surface area (Å²) in [7, 11) is 0. The van der Waals surface area contributed by atoms with Gasteiger partial charge in [-0.15, -0.1) is 0 Å². The van der Waals surface area contributed by atoms with Crippen LogP contribution in [0.1, 0.15) is 31.1 Å². The number of carbonyl (C=O) groups excluding carboxylic acids is 3. The van der Waals surface area contributed by atoms with E-state index in [-0.39, 0.29) is 23.6 Å². The molecule has 100 valence electrons. The highest BCUT2D eigenvalue weighted by Crippen LogP contribution is 2.30. The predicted molar refractivity (Wildman–Crippen MR) is 67.5 cm³/mol. The Morgan fingerprint density at radius 1 is 1.26 bits per heavy atom. The van der Waals surface area contributed by atoms with Crippen molar-refractivity contribution in [2.45, 2.75) is 20.8 Å². The van der Waals surface area contributed by atoms with Crippen molar-refractivity contribution in [2.24, 2.45) is 5.41 Å². The molecule has 0 unspecified atom stereocenters. The first-order valence-corrected chi connectivity index (χ1v) is 5.91. The number of rotatable bonds is 2. The molecule has 1 aromatic carbocycles. The molecule has 0 aromatic heterocycles. The first-order valence-electron chi connectivity index (χ1n) is 5.91. The third-order valence-corrected chi connectivity index (χ3v) is 3.07. The SMILES string of the molecule is CC(C)(C)C(=O)CN1C(=O)C(=O)c2ccc(F)cc21. The van der Waals surface area contributed by atoms with Crippen molar-refractivity contribution < 1.29 is 18.8 Å². The van der Waals surface area contributed by atoms with E-state index in [4.69, 9.17) is 0 Å². The largest absolute Gasteiger partial charge is 0.299 e. The van der Waals surface area contributed by atoms with E-state index in [1.54, 1.807) is 20.8 Å². The first-order chi connectivity index (χ1) is 8.71. The van der Waals surface area contributed by atoms with Crippen molar-refractivity contribution in [2.75, 3.05) is 11.4 Å². The third kappa shape index (κ3) is 2.28. The summed E-state index contributed by atoms with van der Waals surface area (Å²) in [5, 5.41) is 0. The molecule has 0 radical (unpaired) electrons. The Kier molecular flexibility index (Phi) is 3.00. The minimum absolute atomic E-state index is 0.146. The first kappa shape index (κ1) is 13.4. The van der Waals surface area contributed by atoms with Gasteiger partial charge in [0.15, 0.2) is 5.78 Å². The average Bonchev–Trinajstić information content (AvgIpc) is 2.53. The van der Waals surface area contributed by atoms with Gasteiger partial charge in [0, 0.05) is 5.41 Å². The molecule has 1 aliphatic rings. The van der Waals surface area contributed by atoms with Gasteiger partial charge in [0.1, 0.15) is 5.82 Å². The summed E-state index contributed by atoms with van der Waals surface area (Å²) in [6, 6.07) is 3.50. The number of benzene rings is 1. The topological polar surface area (TPSA) is 54.5 Å². The van der Waals surface area contributed by atoms with E-state index in [1.165, 1.54) is 6.07 Å². The molecule has 0 bridgehead atoms. The monoisotopic (exact) mass is 263 g/mol. The third-order valence-electron chi connectivity index (χ3n) is 3.07. The summed E-state index contributed by atoms with van der Waals surface area (Å²) < 4.78 is 13.2. The number of amides is 1. The van der Waals surface area contributed by atoms with Gasteiger partial charge < -0.3 is 0 Å². The van der Waals surface area contributed by atoms with Crippen LogP contribution in [0.4, 0.5) is 10.1 Å². The van der Waals surface area contributed by atoms with Gasteiger partial charge in [-0.2, -0.15) is 0 Å². The van der Waals surface area contributed by atoms with Crippen LogP contribution in [0, 0.1) is 11.2 Å². The highest BCUT2D eigenvalue weighted by atomic mass is 19.1. The standard InChI is InChI=1S/C14H14FNO3/c1-14(2,3)11(17)7-16-10-6-8(15)4-5-9(10)12(18)13(16)19/h4-6H,7H2,1-3H3. The molecule has 0 spiro atoms. The summed E-state index contributed by atoms with van der Waals surface area (Å²) >= 11 is 0. The van der Waals surface area contributed by atoms with E-state index in [9.17, 15) is 18.8 Å². The van der Waals surface area contributed by atoms with Crippen LogP contribution in [0.2, 0.25) is 0 Å². The maximum atomic E-state index is 13.2. The van der Waals surface area contributed by atoms with Crippen molar-refractivity contribution >= 4 is 23.2 Å². The van der Waals surface area contributed by atoms with Crippen LogP contribution in [0.3, 0.4) is 0 Å². The fourth-order valence-corrected chi connectivity index (χ4v) is 1.81. The van der Waals surface area contributed by atoms with E-state index in [1.807, 2.05) is 0 Å².